The van der Waals surface area contributed by atoms with Crippen molar-refractivity contribution >= 4 is 8.07 Å². The van der Waals surface area contributed by atoms with Gasteiger partial charge in [0, 0.05) is 17.8 Å². The molecule has 0 unspecified atom stereocenters. The molecule has 0 saturated carbocycles. The summed E-state index contributed by atoms with van der Waals surface area (Å²) in [5, 5.41) is 0. The normalized spacial score (nSPS) is 10.4. The van der Waals surface area contributed by atoms with E-state index in [0.717, 1.165) is 5.56 Å². The fraction of sp³-hybridized carbons (Fsp3) is 0.300. The molecule has 1 aromatic heterocycles. The smallest absolute Gasteiger partial charge is 0.247 e. The summed E-state index contributed by atoms with van der Waals surface area (Å²) in [6.07, 6.45) is 1.65. The highest BCUT2D eigenvalue weighted by molar-refractivity contribution is 6.83. The Morgan fingerprint density at radius 1 is 1.31 bits per heavy atom. The maximum atomic E-state index is 10.7. The molecule has 0 aliphatic heterocycles. The largest absolute Gasteiger partial charge is 0.328 e. The Kier molecular flexibility index (Phi) is 2.74. The van der Waals surface area contributed by atoms with Crippen LogP contribution in [0.25, 0.3) is 0 Å². The minimum absolute atomic E-state index is 0.0847. The SMILES string of the molecule is C[Si](C)(C)C#Cc1ccc(=O)[nH]c1. The van der Waals surface area contributed by atoms with Gasteiger partial charge in [0.05, 0.1) is 0 Å². The van der Waals surface area contributed by atoms with E-state index in [-0.39, 0.29) is 5.56 Å². The Hall–Kier alpha value is -1.27. The highest BCUT2D eigenvalue weighted by Crippen LogP contribution is 1.98. The van der Waals surface area contributed by atoms with E-state index in [4.69, 9.17) is 0 Å². The molecule has 0 aromatic carbocycles. The van der Waals surface area contributed by atoms with Gasteiger partial charge in [0.1, 0.15) is 8.07 Å². The third kappa shape index (κ3) is 3.77. The number of nitrogens with one attached hydrogen (secondary N) is 1. The molecule has 1 heterocycles. The van der Waals surface area contributed by atoms with Crippen molar-refractivity contribution < 1.29 is 0 Å². The predicted octanol–water partition coefficient (Wildman–Crippen LogP) is 1.60. The highest BCUT2D eigenvalue weighted by atomic mass is 28.3. The van der Waals surface area contributed by atoms with Crippen LogP contribution in [0.1, 0.15) is 5.56 Å². The Bertz CT molecular complexity index is 383. The van der Waals surface area contributed by atoms with Crippen LogP contribution in [0.3, 0.4) is 0 Å². The molecule has 0 fully saturated rings. The number of H-pyrrole nitrogens is 1. The summed E-state index contributed by atoms with van der Waals surface area (Å²) in [4.78, 5) is 13.3. The van der Waals surface area contributed by atoms with Crippen molar-refractivity contribution in [2.75, 3.05) is 0 Å². The van der Waals surface area contributed by atoms with Gasteiger partial charge in [-0.3, -0.25) is 4.79 Å². The molecular weight excluding hydrogens is 178 g/mol. The number of pyridine rings is 1. The molecule has 0 saturated heterocycles. The van der Waals surface area contributed by atoms with Crippen molar-refractivity contribution in [3.05, 3.63) is 34.2 Å². The molecule has 3 heteroatoms. The second-order valence-electron chi connectivity index (χ2n) is 3.94. The van der Waals surface area contributed by atoms with Crippen LogP contribution < -0.4 is 5.56 Å². The molecule has 13 heavy (non-hydrogen) atoms. The van der Waals surface area contributed by atoms with Gasteiger partial charge in [-0.25, -0.2) is 0 Å². The summed E-state index contributed by atoms with van der Waals surface area (Å²) in [6.45, 7) is 6.56. The molecule has 0 bridgehead atoms. The first-order valence-electron chi connectivity index (χ1n) is 4.19. The van der Waals surface area contributed by atoms with E-state index in [1.807, 2.05) is 0 Å². The lowest BCUT2D eigenvalue weighted by molar-refractivity contribution is 1.23. The third-order valence-electron chi connectivity index (χ3n) is 1.37. The van der Waals surface area contributed by atoms with Crippen molar-refractivity contribution in [1.82, 2.24) is 4.98 Å². The predicted molar refractivity (Wildman–Crippen MR) is 57.3 cm³/mol. The summed E-state index contributed by atoms with van der Waals surface area (Å²) in [5.41, 5.74) is 4.02. The summed E-state index contributed by atoms with van der Waals surface area (Å²) in [6, 6.07) is 3.24. The van der Waals surface area contributed by atoms with Crippen LogP contribution in [-0.2, 0) is 0 Å². The molecule has 0 spiro atoms. The van der Waals surface area contributed by atoms with Crippen LogP contribution in [0.5, 0.6) is 0 Å². The summed E-state index contributed by atoms with van der Waals surface area (Å²) in [5.74, 6) is 3.05. The van der Waals surface area contributed by atoms with Gasteiger partial charge in [0.2, 0.25) is 5.56 Å². The molecule has 0 radical (unpaired) electrons. The van der Waals surface area contributed by atoms with Crippen LogP contribution in [-0.4, -0.2) is 13.1 Å². The van der Waals surface area contributed by atoms with E-state index < -0.39 is 8.07 Å². The van der Waals surface area contributed by atoms with E-state index in [9.17, 15) is 4.79 Å². The molecule has 0 aliphatic rings. The van der Waals surface area contributed by atoms with Gasteiger partial charge in [-0.2, -0.15) is 0 Å². The van der Waals surface area contributed by atoms with Crippen molar-refractivity contribution in [3.63, 3.8) is 0 Å². The first kappa shape index (κ1) is 9.81. The molecule has 1 aromatic rings. The summed E-state index contributed by atoms with van der Waals surface area (Å²) >= 11 is 0. The zero-order chi connectivity index (χ0) is 9.90. The molecule has 1 rings (SSSR count). The van der Waals surface area contributed by atoms with Gasteiger partial charge in [-0.15, -0.1) is 5.54 Å². The molecule has 2 nitrogen and oxygen atoms in total. The number of aromatic amines is 1. The van der Waals surface area contributed by atoms with Crippen molar-refractivity contribution in [2.45, 2.75) is 19.6 Å². The van der Waals surface area contributed by atoms with Crippen molar-refractivity contribution in [3.8, 4) is 11.5 Å². The second-order valence-corrected chi connectivity index (χ2v) is 8.69. The highest BCUT2D eigenvalue weighted by Gasteiger charge is 2.07. The summed E-state index contributed by atoms with van der Waals surface area (Å²) in [7, 11) is -1.31. The van der Waals surface area contributed by atoms with Gasteiger partial charge >= 0.3 is 0 Å². The average Bonchev–Trinajstić information content (AvgIpc) is 2.02. The lowest BCUT2D eigenvalue weighted by Crippen LogP contribution is -2.16. The minimum Gasteiger partial charge on any atom is -0.328 e. The lowest BCUT2D eigenvalue weighted by atomic mass is 10.3. The number of rotatable bonds is 0. The van der Waals surface area contributed by atoms with E-state index in [2.05, 4.69) is 36.1 Å². The van der Waals surface area contributed by atoms with Crippen molar-refractivity contribution in [1.29, 1.82) is 0 Å². The van der Waals surface area contributed by atoms with Crippen LogP contribution in [0.15, 0.2) is 23.1 Å². The molecule has 0 amide bonds. The zero-order valence-electron chi connectivity index (χ0n) is 8.14. The van der Waals surface area contributed by atoms with Gasteiger partial charge < -0.3 is 4.98 Å². The molecular formula is C10H13NOSi. The van der Waals surface area contributed by atoms with Crippen LogP contribution >= 0.6 is 0 Å². The average molecular weight is 191 g/mol. The Balaban J connectivity index is 2.91. The zero-order valence-corrected chi connectivity index (χ0v) is 9.14. The number of hydrogen-bond acceptors (Lipinski definition) is 1. The Labute approximate surface area is 79.0 Å². The minimum atomic E-state index is -1.31. The van der Waals surface area contributed by atoms with Gasteiger partial charge in [0.25, 0.3) is 0 Å². The van der Waals surface area contributed by atoms with E-state index in [1.54, 1.807) is 12.3 Å². The van der Waals surface area contributed by atoms with E-state index >= 15 is 0 Å². The quantitative estimate of drug-likeness (QED) is 0.490. The first-order chi connectivity index (χ1) is 5.97. The third-order valence-corrected chi connectivity index (χ3v) is 2.24. The molecule has 68 valence electrons. The monoisotopic (exact) mass is 191 g/mol. The fourth-order valence-corrected chi connectivity index (χ4v) is 1.27. The number of hydrogen-bond donors (Lipinski definition) is 1. The van der Waals surface area contributed by atoms with Gasteiger partial charge in [0.15, 0.2) is 0 Å². The first-order valence-corrected chi connectivity index (χ1v) is 7.69. The van der Waals surface area contributed by atoms with Crippen LogP contribution in [0, 0.1) is 11.5 Å². The van der Waals surface area contributed by atoms with Crippen LogP contribution in [0.2, 0.25) is 19.6 Å². The molecule has 0 aliphatic carbocycles. The maximum absolute atomic E-state index is 10.7. The second kappa shape index (κ2) is 3.63. The standard InChI is InChI=1S/C10H13NOSi/c1-13(2,3)7-6-9-4-5-10(12)11-8-9/h4-5,8H,1-3H3,(H,11,12). The Morgan fingerprint density at radius 3 is 2.46 bits per heavy atom. The summed E-state index contributed by atoms with van der Waals surface area (Å²) < 4.78 is 0. The fourth-order valence-electron chi connectivity index (χ4n) is 0.748. The molecule has 1 N–H and O–H groups in total. The lowest BCUT2D eigenvalue weighted by Gasteiger charge is -2.02. The van der Waals surface area contributed by atoms with Gasteiger partial charge in [-0.05, 0) is 6.07 Å². The number of aromatic nitrogens is 1. The topological polar surface area (TPSA) is 32.9 Å². The van der Waals surface area contributed by atoms with Crippen LogP contribution in [0.4, 0.5) is 0 Å². The van der Waals surface area contributed by atoms with E-state index in [0.29, 0.717) is 0 Å². The maximum Gasteiger partial charge on any atom is 0.247 e. The van der Waals surface area contributed by atoms with Crippen molar-refractivity contribution in [2.24, 2.45) is 0 Å². The molecule has 0 atom stereocenters. The van der Waals surface area contributed by atoms with E-state index in [1.165, 1.54) is 6.07 Å². The van der Waals surface area contributed by atoms with Gasteiger partial charge in [-0.1, -0.05) is 25.6 Å². The Morgan fingerprint density at radius 2 is 2.00 bits per heavy atom.